The average molecular weight is 357 g/mol. The Kier molecular flexibility index (Phi) is 5.18. The van der Waals surface area contributed by atoms with Gasteiger partial charge in [-0.15, -0.1) is 10.2 Å². The highest BCUT2D eigenvalue weighted by atomic mass is 32.2. The monoisotopic (exact) mass is 357 g/mol. The van der Waals surface area contributed by atoms with E-state index in [-0.39, 0.29) is 11.2 Å². The maximum absolute atomic E-state index is 12.3. The number of carbonyl (C=O) groups excluding carboxylic acids is 1. The number of carbonyl (C=O) groups is 1. The van der Waals surface area contributed by atoms with Gasteiger partial charge >= 0.3 is 0 Å². The lowest BCUT2D eigenvalue weighted by Crippen LogP contribution is -2.23. The fourth-order valence-electron chi connectivity index (χ4n) is 2.33. The van der Waals surface area contributed by atoms with Gasteiger partial charge in [0.25, 0.3) is 0 Å². The minimum atomic E-state index is -0.352. The molecule has 0 fully saturated rings. The number of nitrogens with zero attached hydrogens (tertiary/aromatic N) is 4. The van der Waals surface area contributed by atoms with Crippen LogP contribution < -0.4 is 5.32 Å². The third kappa shape index (κ3) is 3.90. The number of rotatable bonds is 6. The minimum Gasteiger partial charge on any atom is -0.360 e. The van der Waals surface area contributed by atoms with E-state index in [0.29, 0.717) is 16.7 Å². The second-order valence-electron chi connectivity index (χ2n) is 5.49. The molecule has 2 aromatic heterocycles. The topological polar surface area (TPSA) is 85.8 Å². The second-order valence-corrected chi connectivity index (χ2v) is 6.80. The zero-order chi connectivity index (χ0) is 17.8. The maximum Gasteiger partial charge on any atom is 0.238 e. The molecule has 1 unspecified atom stereocenters. The minimum absolute atomic E-state index is 0.162. The molecule has 1 amide bonds. The first-order chi connectivity index (χ1) is 12.1. The number of nitrogens with one attached hydrogen (secondary N) is 1. The number of anilines is 1. The molecule has 1 aromatic carbocycles. The van der Waals surface area contributed by atoms with Crippen molar-refractivity contribution >= 4 is 23.5 Å². The molecule has 7 nitrogen and oxygen atoms in total. The summed E-state index contributed by atoms with van der Waals surface area (Å²) in [7, 11) is 0. The first-order valence-corrected chi connectivity index (χ1v) is 8.86. The smallest absolute Gasteiger partial charge is 0.238 e. The molecule has 3 aromatic rings. The first kappa shape index (κ1) is 17.2. The molecule has 1 atom stereocenters. The van der Waals surface area contributed by atoms with Gasteiger partial charge in [0.05, 0.1) is 5.25 Å². The van der Waals surface area contributed by atoms with Crippen LogP contribution in [-0.4, -0.2) is 31.1 Å². The fourth-order valence-corrected chi connectivity index (χ4v) is 3.24. The lowest BCUT2D eigenvalue weighted by atomic mass is 10.2. The van der Waals surface area contributed by atoms with Gasteiger partial charge in [0.2, 0.25) is 5.91 Å². The molecule has 0 bridgehead atoms. The SMILES string of the molecule is CCn1c(SC(C)C(=O)Nc2cc(C)on2)nnc1-c1ccccc1. The molecule has 8 heteroatoms. The van der Waals surface area contributed by atoms with Crippen molar-refractivity contribution in [3.63, 3.8) is 0 Å². The van der Waals surface area contributed by atoms with Crippen molar-refractivity contribution < 1.29 is 9.32 Å². The Morgan fingerprint density at radius 1 is 1.32 bits per heavy atom. The summed E-state index contributed by atoms with van der Waals surface area (Å²) >= 11 is 1.36. The van der Waals surface area contributed by atoms with E-state index >= 15 is 0 Å². The van der Waals surface area contributed by atoms with Crippen LogP contribution in [0.5, 0.6) is 0 Å². The average Bonchev–Trinajstić information content (AvgIpc) is 3.21. The molecule has 25 heavy (non-hydrogen) atoms. The zero-order valence-electron chi connectivity index (χ0n) is 14.3. The Bertz CT molecular complexity index is 859. The van der Waals surface area contributed by atoms with Gasteiger partial charge in [0.1, 0.15) is 5.76 Å². The standard InChI is InChI=1S/C17H19N5O2S/c1-4-22-15(13-8-6-5-7-9-13)19-20-17(22)25-12(3)16(23)18-14-10-11(2)24-21-14/h5-10,12H,4H2,1-3H3,(H,18,21,23). The third-order valence-corrected chi connectivity index (χ3v) is 4.68. The summed E-state index contributed by atoms with van der Waals surface area (Å²) in [6, 6.07) is 11.6. The summed E-state index contributed by atoms with van der Waals surface area (Å²) < 4.78 is 6.96. The summed E-state index contributed by atoms with van der Waals surface area (Å²) in [5.41, 5.74) is 0.999. The molecule has 0 aliphatic heterocycles. The van der Waals surface area contributed by atoms with E-state index in [9.17, 15) is 4.79 Å². The molecule has 0 radical (unpaired) electrons. The molecule has 0 saturated carbocycles. The largest absolute Gasteiger partial charge is 0.360 e. The van der Waals surface area contributed by atoms with Crippen LogP contribution in [0.2, 0.25) is 0 Å². The van der Waals surface area contributed by atoms with Crippen molar-refractivity contribution in [1.82, 2.24) is 19.9 Å². The Labute approximate surface area is 149 Å². The number of thioether (sulfide) groups is 1. The fraction of sp³-hybridized carbons (Fsp3) is 0.294. The van der Waals surface area contributed by atoms with Gasteiger partial charge in [-0.1, -0.05) is 47.3 Å². The molecule has 0 saturated heterocycles. The van der Waals surface area contributed by atoms with Gasteiger partial charge in [-0.05, 0) is 20.8 Å². The van der Waals surface area contributed by atoms with Crippen molar-refractivity contribution in [3.05, 3.63) is 42.2 Å². The second kappa shape index (κ2) is 7.52. The third-order valence-electron chi connectivity index (χ3n) is 3.60. The quantitative estimate of drug-likeness (QED) is 0.681. The number of aryl methyl sites for hydroxylation is 1. The Morgan fingerprint density at radius 3 is 2.72 bits per heavy atom. The number of amides is 1. The van der Waals surface area contributed by atoms with Crippen molar-refractivity contribution in [2.24, 2.45) is 0 Å². The maximum atomic E-state index is 12.3. The predicted molar refractivity (Wildman–Crippen MR) is 96.3 cm³/mol. The van der Waals surface area contributed by atoms with Gasteiger partial charge in [-0.2, -0.15) is 0 Å². The molecule has 0 aliphatic carbocycles. The van der Waals surface area contributed by atoms with Gasteiger partial charge in [0.15, 0.2) is 16.8 Å². The molecular weight excluding hydrogens is 338 g/mol. The number of hydrogen-bond acceptors (Lipinski definition) is 6. The van der Waals surface area contributed by atoms with Crippen LogP contribution in [0.1, 0.15) is 19.6 Å². The Balaban J connectivity index is 1.74. The van der Waals surface area contributed by atoms with Crippen molar-refractivity contribution in [2.45, 2.75) is 37.7 Å². The molecule has 3 rings (SSSR count). The lowest BCUT2D eigenvalue weighted by Gasteiger charge is -2.11. The summed E-state index contributed by atoms with van der Waals surface area (Å²) in [4.78, 5) is 12.3. The van der Waals surface area contributed by atoms with Crippen LogP contribution in [0, 0.1) is 6.92 Å². The van der Waals surface area contributed by atoms with Crippen molar-refractivity contribution in [3.8, 4) is 11.4 Å². The number of benzene rings is 1. The first-order valence-electron chi connectivity index (χ1n) is 7.98. The molecule has 0 spiro atoms. The molecule has 2 heterocycles. The van der Waals surface area contributed by atoms with E-state index in [1.54, 1.807) is 13.0 Å². The predicted octanol–water partition coefficient (Wildman–Crippen LogP) is 3.38. The van der Waals surface area contributed by atoms with E-state index in [1.165, 1.54) is 11.8 Å². The molecule has 130 valence electrons. The van der Waals surface area contributed by atoms with Crippen LogP contribution >= 0.6 is 11.8 Å². The highest BCUT2D eigenvalue weighted by Gasteiger charge is 2.21. The Hall–Kier alpha value is -2.61. The van der Waals surface area contributed by atoms with Gasteiger partial charge in [-0.25, -0.2) is 0 Å². The van der Waals surface area contributed by atoms with E-state index in [2.05, 4.69) is 20.7 Å². The van der Waals surface area contributed by atoms with E-state index < -0.39 is 0 Å². The summed E-state index contributed by atoms with van der Waals surface area (Å²) in [5.74, 6) is 1.70. The van der Waals surface area contributed by atoms with Crippen LogP contribution in [0.4, 0.5) is 5.82 Å². The van der Waals surface area contributed by atoms with Crippen molar-refractivity contribution in [1.29, 1.82) is 0 Å². The normalized spacial score (nSPS) is 12.1. The Morgan fingerprint density at radius 2 is 2.08 bits per heavy atom. The van der Waals surface area contributed by atoms with E-state index in [1.807, 2.05) is 48.7 Å². The highest BCUT2D eigenvalue weighted by molar-refractivity contribution is 8.00. The van der Waals surface area contributed by atoms with Crippen LogP contribution in [0.3, 0.4) is 0 Å². The summed E-state index contributed by atoms with van der Waals surface area (Å²) in [6.07, 6.45) is 0. The van der Waals surface area contributed by atoms with Crippen LogP contribution in [0.15, 0.2) is 46.1 Å². The van der Waals surface area contributed by atoms with E-state index in [4.69, 9.17) is 4.52 Å². The van der Waals surface area contributed by atoms with E-state index in [0.717, 1.165) is 17.9 Å². The van der Waals surface area contributed by atoms with Gasteiger partial charge in [-0.3, -0.25) is 4.79 Å². The zero-order valence-corrected chi connectivity index (χ0v) is 15.1. The highest BCUT2D eigenvalue weighted by Crippen LogP contribution is 2.27. The number of hydrogen-bond donors (Lipinski definition) is 1. The van der Waals surface area contributed by atoms with Gasteiger partial charge < -0.3 is 14.4 Å². The van der Waals surface area contributed by atoms with Crippen LogP contribution in [-0.2, 0) is 11.3 Å². The molecular formula is C17H19N5O2S. The van der Waals surface area contributed by atoms with Crippen LogP contribution in [0.25, 0.3) is 11.4 Å². The summed E-state index contributed by atoms with van der Waals surface area (Å²) in [6.45, 7) is 6.35. The lowest BCUT2D eigenvalue weighted by molar-refractivity contribution is -0.115. The number of aromatic nitrogens is 4. The van der Waals surface area contributed by atoms with Gasteiger partial charge in [0, 0.05) is 18.2 Å². The molecule has 0 aliphatic rings. The molecule has 1 N–H and O–H groups in total. The van der Waals surface area contributed by atoms with Crippen molar-refractivity contribution in [2.75, 3.05) is 5.32 Å². The summed E-state index contributed by atoms with van der Waals surface area (Å²) in [5, 5.41) is 15.4.